The summed E-state index contributed by atoms with van der Waals surface area (Å²) >= 11 is 0. The lowest BCUT2D eigenvalue weighted by Gasteiger charge is -2.19. The predicted octanol–water partition coefficient (Wildman–Crippen LogP) is 1.63. The van der Waals surface area contributed by atoms with Crippen molar-refractivity contribution < 1.29 is 4.74 Å². The molecule has 1 rings (SSSR count). The first kappa shape index (κ1) is 11.9. The highest BCUT2D eigenvalue weighted by molar-refractivity contribution is 5.30. The van der Waals surface area contributed by atoms with E-state index in [1.165, 1.54) is 6.33 Å². The highest BCUT2D eigenvalue weighted by atomic mass is 16.5. The molecule has 0 bridgehead atoms. The third-order valence-corrected chi connectivity index (χ3v) is 2.82. The van der Waals surface area contributed by atoms with Crippen molar-refractivity contribution in [1.29, 1.82) is 0 Å². The molecule has 1 aromatic rings. The second-order valence-electron chi connectivity index (χ2n) is 3.75. The van der Waals surface area contributed by atoms with Crippen molar-refractivity contribution in [3.8, 4) is 5.88 Å². The molecule has 0 fully saturated rings. The molecule has 2 atom stereocenters. The van der Waals surface area contributed by atoms with E-state index in [1.54, 1.807) is 7.11 Å². The van der Waals surface area contributed by atoms with E-state index < -0.39 is 0 Å². The van der Waals surface area contributed by atoms with Gasteiger partial charge in [0, 0.05) is 17.5 Å². The maximum Gasteiger partial charge on any atom is 0.219 e. The Labute approximate surface area is 90.9 Å². The van der Waals surface area contributed by atoms with E-state index in [0.717, 1.165) is 17.7 Å². The number of nitrogens with zero attached hydrogens (tertiary/aromatic N) is 2. The first-order chi connectivity index (χ1) is 7.11. The topological polar surface area (TPSA) is 61.0 Å². The highest BCUT2D eigenvalue weighted by Gasteiger charge is 2.18. The van der Waals surface area contributed by atoms with Crippen LogP contribution in [0.3, 0.4) is 0 Å². The highest BCUT2D eigenvalue weighted by Crippen LogP contribution is 2.25. The second kappa shape index (κ2) is 5.07. The quantitative estimate of drug-likeness (QED) is 0.818. The van der Waals surface area contributed by atoms with Gasteiger partial charge in [-0.2, -0.15) is 0 Å². The average Bonchev–Trinajstić information content (AvgIpc) is 2.27. The molecular formula is C11H19N3O. The fourth-order valence-electron chi connectivity index (χ4n) is 1.67. The van der Waals surface area contributed by atoms with Crippen LogP contribution in [0, 0.1) is 6.92 Å². The van der Waals surface area contributed by atoms with Gasteiger partial charge in [-0.1, -0.05) is 13.8 Å². The summed E-state index contributed by atoms with van der Waals surface area (Å²) in [5.74, 6) is 0.863. The van der Waals surface area contributed by atoms with Crippen molar-refractivity contribution in [2.45, 2.75) is 39.2 Å². The molecule has 2 unspecified atom stereocenters. The fraction of sp³-hybridized carbons (Fsp3) is 0.636. The molecule has 4 heteroatoms. The van der Waals surface area contributed by atoms with E-state index in [-0.39, 0.29) is 12.0 Å². The van der Waals surface area contributed by atoms with Crippen LogP contribution in [0.5, 0.6) is 5.88 Å². The van der Waals surface area contributed by atoms with Crippen LogP contribution in [0.25, 0.3) is 0 Å². The summed E-state index contributed by atoms with van der Waals surface area (Å²) in [5.41, 5.74) is 7.97. The number of hydrogen-bond acceptors (Lipinski definition) is 4. The number of nitrogens with two attached hydrogens (primary N) is 1. The van der Waals surface area contributed by atoms with E-state index in [2.05, 4.69) is 23.8 Å². The normalized spacial score (nSPS) is 14.7. The zero-order chi connectivity index (χ0) is 11.4. The third kappa shape index (κ3) is 2.45. The summed E-state index contributed by atoms with van der Waals surface area (Å²) < 4.78 is 5.16. The molecule has 2 N–H and O–H groups in total. The molecule has 0 aliphatic rings. The molecule has 0 radical (unpaired) electrons. The molecule has 0 aliphatic heterocycles. The molecule has 0 saturated heterocycles. The van der Waals surface area contributed by atoms with E-state index in [4.69, 9.17) is 10.5 Å². The van der Waals surface area contributed by atoms with E-state index in [9.17, 15) is 0 Å². The first-order valence-corrected chi connectivity index (χ1v) is 5.22. The molecule has 0 aliphatic carbocycles. The van der Waals surface area contributed by atoms with Gasteiger partial charge in [0.25, 0.3) is 0 Å². The van der Waals surface area contributed by atoms with Gasteiger partial charge >= 0.3 is 0 Å². The first-order valence-electron chi connectivity index (χ1n) is 5.22. The van der Waals surface area contributed by atoms with Crippen molar-refractivity contribution in [2.75, 3.05) is 7.11 Å². The van der Waals surface area contributed by atoms with Crippen LogP contribution in [-0.2, 0) is 0 Å². The van der Waals surface area contributed by atoms with E-state index in [0.29, 0.717) is 5.88 Å². The van der Waals surface area contributed by atoms with Crippen LogP contribution in [0.2, 0.25) is 0 Å². The van der Waals surface area contributed by atoms with Gasteiger partial charge in [0.15, 0.2) is 0 Å². The van der Waals surface area contributed by atoms with Gasteiger partial charge in [-0.05, 0) is 13.3 Å². The Morgan fingerprint density at radius 3 is 2.67 bits per heavy atom. The van der Waals surface area contributed by atoms with Gasteiger partial charge in [-0.25, -0.2) is 9.97 Å². The summed E-state index contributed by atoms with van der Waals surface area (Å²) in [6, 6.07) is 0.128. The minimum Gasteiger partial charge on any atom is -0.481 e. The van der Waals surface area contributed by atoms with E-state index in [1.807, 2.05) is 6.92 Å². The van der Waals surface area contributed by atoms with Crippen molar-refractivity contribution in [1.82, 2.24) is 9.97 Å². The molecule has 0 spiro atoms. The fourth-order valence-corrected chi connectivity index (χ4v) is 1.67. The monoisotopic (exact) mass is 209 g/mol. The van der Waals surface area contributed by atoms with Gasteiger partial charge in [0.05, 0.1) is 12.8 Å². The number of hydrogen-bond donors (Lipinski definition) is 1. The molecule has 1 aromatic heterocycles. The second-order valence-corrected chi connectivity index (χ2v) is 3.75. The van der Waals surface area contributed by atoms with Crippen molar-refractivity contribution >= 4 is 0 Å². The zero-order valence-electron chi connectivity index (χ0n) is 9.82. The lowest BCUT2D eigenvalue weighted by atomic mass is 9.94. The molecule has 84 valence electrons. The minimum absolute atomic E-state index is 0.128. The summed E-state index contributed by atoms with van der Waals surface area (Å²) in [4.78, 5) is 8.34. The van der Waals surface area contributed by atoms with E-state index >= 15 is 0 Å². The number of ether oxygens (including phenoxy) is 1. The molecule has 1 heterocycles. The zero-order valence-corrected chi connectivity index (χ0v) is 9.82. The Bertz CT molecular complexity index is 328. The van der Waals surface area contributed by atoms with Gasteiger partial charge in [-0.3, -0.25) is 0 Å². The van der Waals surface area contributed by atoms with Gasteiger partial charge in [-0.15, -0.1) is 0 Å². The van der Waals surface area contributed by atoms with Crippen LogP contribution >= 0.6 is 0 Å². The van der Waals surface area contributed by atoms with Crippen LogP contribution in [-0.4, -0.2) is 23.1 Å². The maximum atomic E-state index is 6.01. The van der Waals surface area contributed by atoms with Gasteiger partial charge in [0.2, 0.25) is 5.88 Å². The Kier molecular flexibility index (Phi) is 4.03. The molecule has 0 aromatic carbocycles. The summed E-state index contributed by atoms with van der Waals surface area (Å²) in [5, 5.41) is 0. The summed E-state index contributed by atoms with van der Waals surface area (Å²) in [7, 11) is 1.61. The Morgan fingerprint density at radius 1 is 1.47 bits per heavy atom. The number of aromatic nitrogens is 2. The van der Waals surface area contributed by atoms with Crippen molar-refractivity contribution in [3.05, 3.63) is 17.6 Å². The van der Waals surface area contributed by atoms with Crippen molar-refractivity contribution in [2.24, 2.45) is 5.73 Å². The van der Waals surface area contributed by atoms with Gasteiger partial charge in [0.1, 0.15) is 6.33 Å². The van der Waals surface area contributed by atoms with Crippen LogP contribution in [0.15, 0.2) is 6.33 Å². The van der Waals surface area contributed by atoms with Crippen LogP contribution in [0.4, 0.5) is 0 Å². The smallest absolute Gasteiger partial charge is 0.219 e. The summed E-state index contributed by atoms with van der Waals surface area (Å²) in [6.45, 7) is 6.13. The summed E-state index contributed by atoms with van der Waals surface area (Å²) in [6.07, 6.45) is 2.47. The minimum atomic E-state index is 0.128. The molecule has 15 heavy (non-hydrogen) atoms. The molecule has 0 amide bonds. The Balaban J connectivity index is 3.03. The number of methoxy groups -OCH3 is 1. The van der Waals surface area contributed by atoms with Crippen LogP contribution < -0.4 is 10.5 Å². The van der Waals surface area contributed by atoms with Gasteiger partial charge < -0.3 is 10.5 Å². The molecule has 4 nitrogen and oxygen atoms in total. The maximum absolute atomic E-state index is 6.01. The van der Waals surface area contributed by atoms with Crippen molar-refractivity contribution in [3.63, 3.8) is 0 Å². The third-order valence-electron chi connectivity index (χ3n) is 2.82. The Morgan fingerprint density at radius 2 is 2.13 bits per heavy atom. The lowest BCUT2D eigenvalue weighted by molar-refractivity contribution is 0.390. The standard InChI is InChI=1S/C11H19N3O/c1-5-9(12)7(2)10-8(3)11(15-4)14-6-13-10/h6-7,9H,5,12H2,1-4H3. The number of rotatable bonds is 4. The average molecular weight is 209 g/mol. The molecule has 0 saturated carbocycles. The SMILES string of the molecule is CCC(N)C(C)c1ncnc(OC)c1C. The van der Waals surface area contributed by atoms with Crippen LogP contribution in [0.1, 0.15) is 37.4 Å². The predicted molar refractivity (Wildman–Crippen MR) is 60.0 cm³/mol. The molecular weight excluding hydrogens is 190 g/mol. The Hall–Kier alpha value is -1.16. The largest absolute Gasteiger partial charge is 0.481 e. The lowest BCUT2D eigenvalue weighted by Crippen LogP contribution is -2.27.